The number of hydrogen-bond acceptors (Lipinski definition) is 0. The molecule has 0 bridgehead atoms. The van der Waals surface area contributed by atoms with Gasteiger partial charge in [0.05, 0.1) is 5.38 Å². The fourth-order valence-corrected chi connectivity index (χ4v) is 2.09. The Bertz CT molecular complexity index is 399. The topological polar surface area (TPSA) is 0 Å². The minimum absolute atomic E-state index is 0.102. The van der Waals surface area contributed by atoms with Gasteiger partial charge in [0, 0.05) is 0 Å². The highest BCUT2D eigenvalue weighted by Crippen LogP contribution is 2.25. The van der Waals surface area contributed by atoms with Crippen molar-refractivity contribution in [3.05, 3.63) is 47.0 Å². The van der Waals surface area contributed by atoms with Gasteiger partial charge in [0.25, 0.3) is 0 Å². The third-order valence-corrected chi connectivity index (χ3v) is 2.92. The zero-order valence-corrected chi connectivity index (χ0v) is 8.90. The molecule has 1 aromatic rings. The van der Waals surface area contributed by atoms with Gasteiger partial charge in [-0.15, -0.1) is 11.6 Å². The molecular formula is C12H11ClF2. The van der Waals surface area contributed by atoms with Crippen molar-refractivity contribution in [1.82, 2.24) is 0 Å². The van der Waals surface area contributed by atoms with Crippen LogP contribution in [0.2, 0.25) is 0 Å². The summed E-state index contributed by atoms with van der Waals surface area (Å²) in [6.45, 7) is 0. The van der Waals surface area contributed by atoms with Crippen LogP contribution >= 0.6 is 11.6 Å². The van der Waals surface area contributed by atoms with Gasteiger partial charge in [-0.3, -0.25) is 0 Å². The van der Waals surface area contributed by atoms with Gasteiger partial charge in [0.2, 0.25) is 0 Å². The molecule has 0 nitrogen and oxygen atoms in total. The van der Waals surface area contributed by atoms with Gasteiger partial charge in [-0.1, -0.05) is 17.7 Å². The summed E-state index contributed by atoms with van der Waals surface area (Å²) in [6, 6.07) is 4.02. The highest BCUT2D eigenvalue weighted by atomic mass is 35.5. The molecule has 0 saturated heterocycles. The fourth-order valence-electron chi connectivity index (χ4n) is 1.80. The van der Waals surface area contributed by atoms with Gasteiger partial charge in [0.15, 0.2) is 11.6 Å². The molecule has 3 heteroatoms. The van der Waals surface area contributed by atoms with E-state index in [4.69, 9.17) is 11.6 Å². The molecule has 80 valence electrons. The molecule has 0 aromatic heterocycles. The Morgan fingerprint density at radius 3 is 2.67 bits per heavy atom. The molecule has 0 N–H and O–H groups in total. The Labute approximate surface area is 92.6 Å². The first-order chi connectivity index (χ1) is 7.15. The standard InChI is InChI=1S/C12H11ClF2/c13-10-3-1-8(6-10)5-9-2-4-11(14)12(15)7-9/h2,4,6-7,10H,1,3,5H2. The molecule has 0 amide bonds. The lowest BCUT2D eigenvalue weighted by molar-refractivity contribution is 0.507. The van der Waals surface area contributed by atoms with Crippen LogP contribution in [0.5, 0.6) is 0 Å². The molecule has 1 atom stereocenters. The van der Waals surface area contributed by atoms with Crippen molar-refractivity contribution in [2.45, 2.75) is 24.6 Å². The summed E-state index contributed by atoms with van der Waals surface area (Å²) in [5, 5.41) is 0.102. The Balaban J connectivity index is 2.11. The lowest BCUT2D eigenvalue weighted by Gasteiger charge is -2.02. The SMILES string of the molecule is Fc1ccc(CC2=CC(Cl)CC2)cc1F. The monoisotopic (exact) mass is 228 g/mol. The average molecular weight is 229 g/mol. The Morgan fingerprint density at radius 2 is 2.07 bits per heavy atom. The van der Waals surface area contributed by atoms with E-state index in [2.05, 4.69) is 0 Å². The maximum absolute atomic E-state index is 12.9. The van der Waals surface area contributed by atoms with Gasteiger partial charge in [-0.2, -0.15) is 0 Å². The number of benzene rings is 1. The van der Waals surface area contributed by atoms with E-state index in [-0.39, 0.29) is 5.38 Å². The number of alkyl halides is 1. The first-order valence-corrected chi connectivity index (χ1v) is 5.36. The highest BCUT2D eigenvalue weighted by molar-refractivity contribution is 6.22. The van der Waals surface area contributed by atoms with Crippen LogP contribution in [0.25, 0.3) is 0 Å². The van der Waals surface area contributed by atoms with Crippen molar-refractivity contribution in [1.29, 1.82) is 0 Å². The van der Waals surface area contributed by atoms with Gasteiger partial charge in [-0.25, -0.2) is 8.78 Å². The molecule has 0 radical (unpaired) electrons. The smallest absolute Gasteiger partial charge is 0.159 e. The molecule has 0 fully saturated rings. The van der Waals surface area contributed by atoms with Crippen molar-refractivity contribution in [3.8, 4) is 0 Å². The normalized spacial score (nSPS) is 20.5. The van der Waals surface area contributed by atoms with E-state index in [0.29, 0.717) is 6.42 Å². The predicted molar refractivity (Wildman–Crippen MR) is 57.0 cm³/mol. The summed E-state index contributed by atoms with van der Waals surface area (Å²) >= 11 is 5.92. The van der Waals surface area contributed by atoms with Crippen LogP contribution in [0.3, 0.4) is 0 Å². The fraction of sp³-hybridized carbons (Fsp3) is 0.333. The zero-order valence-electron chi connectivity index (χ0n) is 8.14. The van der Waals surface area contributed by atoms with Gasteiger partial charge < -0.3 is 0 Å². The van der Waals surface area contributed by atoms with Crippen LogP contribution in [-0.2, 0) is 6.42 Å². The van der Waals surface area contributed by atoms with Crippen molar-refractivity contribution in [2.24, 2.45) is 0 Å². The number of allylic oxidation sites excluding steroid dienone is 2. The van der Waals surface area contributed by atoms with Crippen LogP contribution in [-0.4, -0.2) is 5.38 Å². The second-order valence-electron chi connectivity index (χ2n) is 3.80. The van der Waals surface area contributed by atoms with Crippen molar-refractivity contribution < 1.29 is 8.78 Å². The minimum atomic E-state index is -0.797. The molecule has 0 aliphatic heterocycles. The second kappa shape index (κ2) is 4.31. The van der Waals surface area contributed by atoms with E-state index in [0.717, 1.165) is 18.4 Å². The Kier molecular flexibility index (Phi) is 3.06. The van der Waals surface area contributed by atoms with Gasteiger partial charge in [0.1, 0.15) is 0 Å². The lowest BCUT2D eigenvalue weighted by atomic mass is 10.0. The molecule has 0 saturated carbocycles. The molecule has 2 rings (SSSR count). The average Bonchev–Trinajstić information content (AvgIpc) is 2.58. The summed E-state index contributed by atoms with van der Waals surface area (Å²) in [5.74, 6) is -1.58. The number of hydrogen-bond donors (Lipinski definition) is 0. The van der Waals surface area contributed by atoms with Crippen molar-refractivity contribution in [2.75, 3.05) is 0 Å². The summed E-state index contributed by atoms with van der Waals surface area (Å²) in [6.07, 6.45) is 4.57. The highest BCUT2D eigenvalue weighted by Gasteiger charge is 2.13. The molecule has 1 unspecified atom stereocenters. The summed E-state index contributed by atoms with van der Waals surface area (Å²) in [7, 11) is 0. The van der Waals surface area contributed by atoms with E-state index in [1.54, 1.807) is 6.07 Å². The number of rotatable bonds is 2. The predicted octanol–water partition coefficient (Wildman–Crippen LogP) is 3.83. The molecule has 1 aliphatic carbocycles. The van der Waals surface area contributed by atoms with E-state index >= 15 is 0 Å². The third kappa shape index (κ3) is 2.57. The van der Waals surface area contributed by atoms with Crippen LogP contribution in [0, 0.1) is 11.6 Å². The first kappa shape index (κ1) is 10.6. The van der Waals surface area contributed by atoms with Crippen molar-refractivity contribution in [3.63, 3.8) is 0 Å². The van der Waals surface area contributed by atoms with E-state index < -0.39 is 11.6 Å². The van der Waals surface area contributed by atoms with Gasteiger partial charge >= 0.3 is 0 Å². The molecular weight excluding hydrogens is 218 g/mol. The maximum atomic E-state index is 12.9. The molecule has 1 aliphatic rings. The first-order valence-electron chi connectivity index (χ1n) is 4.93. The Hall–Kier alpha value is -0.890. The minimum Gasteiger partial charge on any atom is -0.204 e. The molecule has 0 spiro atoms. The summed E-state index contributed by atoms with van der Waals surface area (Å²) in [4.78, 5) is 0. The van der Waals surface area contributed by atoms with Crippen LogP contribution < -0.4 is 0 Å². The van der Waals surface area contributed by atoms with Gasteiger partial charge in [-0.05, 0) is 37.0 Å². The Morgan fingerprint density at radius 1 is 1.27 bits per heavy atom. The van der Waals surface area contributed by atoms with E-state index in [1.807, 2.05) is 6.08 Å². The summed E-state index contributed by atoms with van der Waals surface area (Å²) < 4.78 is 25.6. The maximum Gasteiger partial charge on any atom is 0.159 e. The summed E-state index contributed by atoms with van der Waals surface area (Å²) in [5.41, 5.74) is 2.01. The molecule has 0 heterocycles. The molecule has 1 aromatic carbocycles. The van der Waals surface area contributed by atoms with Crippen molar-refractivity contribution >= 4 is 11.6 Å². The largest absolute Gasteiger partial charge is 0.204 e. The second-order valence-corrected chi connectivity index (χ2v) is 4.37. The number of halogens is 3. The molecule has 15 heavy (non-hydrogen) atoms. The van der Waals surface area contributed by atoms with Crippen LogP contribution in [0.15, 0.2) is 29.8 Å². The van der Waals surface area contributed by atoms with Crippen LogP contribution in [0.1, 0.15) is 18.4 Å². The third-order valence-electron chi connectivity index (χ3n) is 2.57. The van der Waals surface area contributed by atoms with E-state index in [1.165, 1.54) is 17.7 Å². The zero-order chi connectivity index (χ0) is 10.8. The van der Waals surface area contributed by atoms with Crippen LogP contribution in [0.4, 0.5) is 8.78 Å². The lowest BCUT2D eigenvalue weighted by Crippen LogP contribution is -1.91. The quantitative estimate of drug-likeness (QED) is 0.533. The van der Waals surface area contributed by atoms with E-state index in [9.17, 15) is 8.78 Å².